The molecule has 1 fully saturated rings. The van der Waals surface area contributed by atoms with Crippen molar-refractivity contribution in [2.24, 2.45) is 0 Å². The molecule has 0 aromatic rings. The smallest absolute Gasteiger partial charge is 0.404 e. The third-order valence-corrected chi connectivity index (χ3v) is 2.27. The fraction of sp³-hybridized carbons (Fsp3) is 0.875. The minimum absolute atomic E-state index is 0.454. The van der Waals surface area contributed by atoms with Gasteiger partial charge in [-0.05, 0) is 13.5 Å². The summed E-state index contributed by atoms with van der Waals surface area (Å²) in [6, 6.07) is 0.454. The van der Waals surface area contributed by atoms with E-state index in [0.29, 0.717) is 12.6 Å². The molecule has 5 heteroatoms. The van der Waals surface area contributed by atoms with Crippen molar-refractivity contribution < 1.29 is 14.6 Å². The number of nitrogens with zero attached hydrogens (tertiary/aromatic N) is 1. The van der Waals surface area contributed by atoms with E-state index in [-0.39, 0.29) is 0 Å². The van der Waals surface area contributed by atoms with Crippen molar-refractivity contribution >= 4 is 6.09 Å². The summed E-state index contributed by atoms with van der Waals surface area (Å²) in [6.07, 6.45) is 0.0832. The Hall–Kier alpha value is -0.810. The lowest BCUT2D eigenvalue weighted by atomic mass is 10.2. The third-order valence-electron chi connectivity index (χ3n) is 2.27. The average Bonchev–Trinajstić information content (AvgIpc) is 2.55. The van der Waals surface area contributed by atoms with Gasteiger partial charge in [-0.2, -0.15) is 0 Å². The van der Waals surface area contributed by atoms with Crippen LogP contribution in [-0.2, 0) is 4.74 Å². The number of rotatable bonds is 4. The predicted octanol–water partition coefficient (Wildman–Crippen LogP) is -0.0253. The van der Waals surface area contributed by atoms with Crippen molar-refractivity contribution in [3.8, 4) is 0 Å². The Bertz CT molecular complexity index is 169. The minimum Gasteiger partial charge on any atom is -0.465 e. The van der Waals surface area contributed by atoms with Gasteiger partial charge in [0.05, 0.1) is 6.61 Å². The third kappa shape index (κ3) is 3.61. The van der Waals surface area contributed by atoms with Crippen LogP contribution in [-0.4, -0.2) is 55.5 Å². The molecule has 1 amide bonds. The predicted molar refractivity (Wildman–Crippen MR) is 47.9 cm³/mol. The molecule has 1 aliphatic rings. The highest BCUT2D eigenvalue weighted by molar-refractivity contribution is 5.64. The number of hydrogen-bond acceptors (Lipinski definition) is 3. The molecule has 5 nitrogen and oxygen atoms in total. The van der Waals surface area contributed by atoms with E-state index in [9.17, 15) is 4.79 Å². The molecular weight excluding hydrogens is 172 g/mol. The second-order valence-electron chi connectivity index (χ2n) is 3.23. The van der Waals surface area contributed by atoms with E-state index in [1.165, 1.54) is 0 Å². The monoisotopic (exact) mass is 188 g/mol. The zero-order valence-electron chi connectivity index (χ0n) is 7.82. The van der Waals surface area contributed by atoms with Crippen molar-refractivity contribution in [3.63, 3.8) is 0 Å². The largest absolute Gasteiger partial charge is 0.465 e. The van der Waals surface area contributed by atoms with Gasteiger partial charge in [0.15, 0.2) is 0 Å². The summed E-state index contributed by atoms with van der Waals surface area (Å²) >= 11 is 0. The van der Waals surface area contributed by atoms with Crippen LogP contribution in [0.25, 0.3) is 0 Å². The van der Waals surface area contributed by atoms with Gasteiger partial charge in [-0.25, -0.2) is 4.79 Å². The molecule has 0 aromatic carbocycles. The first-order valence-electron chi connectivity index (χ1n) is 4.45. The molecule has 1 rings (SSSR count). The topological polar surface area (TPSA) is 61.8 Å². The molecule has 1 aliphatic heterocycles. The summed E-state index contributed by atoms with van der Waals surface area (Å²) in [7, 11) is 1.99. The Morgan fingerprint density at radius 3 is 3.08 bits per heavy atom. The van der Waals surface area contributed by atoms with Gasteiger partial charge >= 0.3 is 6.09 Å². The highest BCUT2D eigenvalue weighted by Crippen LogP contribution is 2.09. The van der Waals surface area contributed by atoms with Crippen LogP contribution in [0.15, 0.2) is 0 Å². The van der Waals surface area contributed by atoms with E-state index in [4.69, 9.17) is 9.84 Å². The van der Waals surface area contributed by atoms with Crippen LogP contribution >= 0.6 is 0 Å². The molecule has 0 saturated carbocycles. The number of carboxylic acid groups (broad SMARTS) is 1. The normalized spacial score (nSPS) is 22.2. The molecule has 1 unspecified atom stereocenters. The first kappa shape index (κ1) is 10.3. The van der Waals surface area contributed by atoms with Crippen LogP contribution in [0.3, 0.4) is 0 Å². The molecule has 0 aliphatic carbocycles. The molecule has 13 heavy (non-hydrogen) atoms. The van der Waals surface area contributed by atoms with Crippen molar-refractivity contribution in [1.29, 1.82) is 0 Å². The standard InChI is InChI=1S/C8H16N2O3/c1-10(4-3-9-8(11)12)7-2-5-13-6-7/h7,9H,2-6H2,1H3,(H,11,12). The van der Waals surface area contributed by atoms with Crippen LogP contribution in [0.2, 0.25) is 0 Å². The van der Waals surface area contributed by atoms with Crippen LogP contribution in [0, 0.1) is 0 Å². The van der Waals surface area contributed by atoms with Gasteiger partial charge in [0.1, 0.15) is 0 Å². The first-order valence-corrected chi connectivity index (χ1v) is 4.45. The van der Waals surface area contributed by atoms with E-state index in [0.717, 1.165) is 26.2 Å². The van der Waals surface area contributed by atoms with Crippen molar-refractivity contribution in [3.05, 3.63) is 0 Å². The van der Waals surface area contributed by atoms with Gasteiger partial charge in [0.2, 0.25) is 0 Å². The van der Waals surface area contributed by atoms with E-state index in [1.54, 1.807) is 0 Å². The van der Waals surface area contributed by atoms with Gasteiger partial charge < -0.3 is 15.2 Å². The highest BCUT2D eigenvalue weighted by atomic mass is 16.5. The quantitative estimate of drug-likeness (QED) is 0.650. The summed E-state index contributed by atoms with van der Waals surface area (Å²) in [5, 5.41) is 10.7. The number of carbonyl (C=O) groups is 1. The molecule has 0 spiro atoms. The second-order valence-corrected chi connectivity index (χ2v) is 3.23. The maximum Gasteiger partial charge on any atom is 0.404 e. The van der Waals surface area contributed by atoms with Crippen molar-refractivity contribution in [1.82, 2.24) is 10.2 Å². The average molecular weight is 188 g/mol. The lowest BCUT2D eigenvalue weighted by Gasteiger charge is -2.22. The zero-order chi connectivity index (χ0) is 9.68. The van der Waals surface area contributed by atoms with Crippen LogP contribution < -0.4 is 5.32 Å². The highest BCUT2D eigenvalue weighted by Gasteiger charge is 2.19. The Morgan fingerprint density at radius 1 is 1.77 bits per heavy atom. The second kappa shape index (κ2) is 5.04. The maximum absolute atomic E-state index is 10.1. The SMILES string of the molecule is CN(CCNC(=O)O)C1CCOC1. The lowest BCUT2D eigenvalue weighted by Crippen LogP contribution is -2.38. The molecule has 1 atom stereocenters. The molecule has 0 bridgehead atoms. The maximum atomic E-state index is 10.1. The Balaban J connectivity index is 2.09. The molecule has 0 radical (unpaired) electrons. The fourth-order valence-electron chi connectivity index (χ4n) is 1.39. The van der Waals surface area contributed by atoms with Gasteiger partial charge in [-0.3, -0.25) is 4.90 Å². The lowest BCUT2D eigenvalue weighted by molar-refractivity contribution is 0.158. The number of nitrogens with one attached hydrogen (secondary N) is 1. The molecule has 0 aromatic heterocycles. The Morgan fingerprint density at radius 2 is 2.54 bits per heavy atom. The van der Waals surface area contributed by atoms with Crippen LogP contribution in [0.5, 0.6) is 0 Å². The van der Waals surface area contributed by atoms with E-state index < -0.39 is 6.09 Å². The van der Waals surface area contributed by atoms with Gasteiger partial charge in [-0.1, -0.05) is 0 Å². The molecule has 2 N–H and O–H groups in total. The number of amides is 1. The summed E-state index contributed by atoms with van der Waals surface area (Å²) in [4.78, 5) is 12.3. The first-order chi connectivity index (χ1) is 6.20. The van der Waals surface area contributed by atoms with Crippen LogP contribution in [0.1, 0.15) is 6.42 Å². The molecular formula is C8H16N2O3. The van der Waals surface area contributed by atoms with Crippen molar-refractivity contribution in [2.45, 2.75) is 12.5 Å². The Labute approximate surface area is 77.7 Å². The fourth-order valence-corrected chi connectivity index (χ4v) is 1.39. The van der Waals surface area contributed by atoms with Gasteiger partial charge in [0.25, 0.3) is 0 Å². The number of hydrogen-bond donors (Lipinski definition) is 2. The van der Waals surface area contributed by atoms with Crippen molar-refractivity contribution in [2.75, 3.05) is 33.4 Å². The van der Waals surface area contributed by atoms with E-state index >= 15 is 0 Å². The van der Waals surface area contributed by atoms with Gasteiger partial charge in [-0.15, -0.1) is 0 Å². The zero-order valence-corrected chi connectivity index (χ0v) is 7.82. The van der Waals surface area contributed by atoms with E-state index in [2.05, 4.69) is 10.2 Å². The number of ether oxygens (including phenoxy) is 1. The summed E-state index contributed by atoms with van der Waals surface area (Å²) < 4.78 is 5.23. The van der Waals surface area contributed by atoms with Crippen LogP contribution in [0.4, 0.5) is 4.79 Å². The summed E-state index contributed by atoms with van der Waals surface area (Å²) in [5.74, 6) is 0. The Kier molecular flexibility index (Phi) is 3.98. The molecule has 1 saturated heterocycles. The van der Waals surface area contributed by atoms with E-state index in [1.807, 2.05) is 7.05 Å². The summed E-state index contributed by atoms with van der Waals surface area (Å²) in [5.41, 5.74) is 0. The minimum atomic E-state index is -0.962. The molecule has 76 valence electrons. The molecule has 1 heterocycles. The number of likely N-dealkylation sites (N-methyl/N-ethyl adjacent to an activating group) is 1. The van der Waals surface area contributed by atoms with Gasteiger partial charge in [0, 0.05) is 25.7 Å². The summed E-state index contributed by atoms with van der Waals surface area (Å²) in [6.45, 7) is 2.80.